The first-order valence-electron chi connectivity index (χ1n) is 4.31. The monoisotopic (exact) mass is 158 g/mol. The fraction of sp³-hybridized carbons (Fsp3) is 1.00. The summed E-state index contributed by atoms with van der Waals surface area (Å²) < 4.78 is 16.3. The first-order chi connectivity index (χ1) is 5.47. The van der Waals surface area contributed by atoms with E-state index < -0.39 is 0 Å². The Morgan fingerprint density at radius 3 is 2.18 bits per heavy atom. The van der Waals surface area contributed by atoms with Crippen LogP contribution in [0.15, 0.2) is 0 Å². The van der Waals surface area contributed by atoms with Crippen molar-refractivity contribution >= 4 is 0 Å². The van der Waals surface area contributed by atoms with Crippen LogP contribution in [0, 0.1) is 0 Å². The minimum Gasteiger partial charge on any atom is -0.373 e. The molecule has 3 nitrogen and oxygen atoms in total. The normalized spacial score (nSPS) is 34.4. The Kier molecular flexibility index (Phi) is 2.41. The lowest BCUT2D eigenvalue weighted by atomic mass is 10.2. The van der Waals surface area contributed by atoms with Gasteiger partial charge in [-0.25, -0.2) is 0 Å². The quantitative estimate of drug-likeness (QED) is 0.568. The van der Waals surface area contributed by atoms with Crippen molar-refractivity contribution in [3.63, 3.8) is 0 Å². The molecule has 2 heterocycles. The molecule has 3 heteroatoms. The van der Waals surface area contributed by atoms with Crippen LogP contribution in [-0.2, 0) is 14.2 Å². The fourth-order valence-corrected chi connectivity index (χ4v) is 1.54. The predicted octanol–water partition coefficient (Wildman–Crippen LogP) is 0.928. The van der Waals surface area contributed by atoms with E-state index in [1.54, 1.807) is 0 Å². The van der Waals surface area contributed by atoms with E-state index in [1.807, 2.05) is 0 Å². The molecule has 64 valence electrons. The van der Waals surface area contributed by atoms with Crippen LogP contribution < -0.4 is 0 Å². The lowest BCUT2D eigenvalue weighted by Crippen LogP contribution is -2.35. The average molecular weight is 158 g/mol. The second kappa shape index (κ2) is 3.52. The van der Waals surface area contributed by atoms with E-state index in [2.05, 4.69) is 0 Å². The lowest BCUT2D eigenvalue weighted by molar-refractivity contribution is -0.223. The van der Waals surface area contributed by atoms with Crippen molar-refractivity contribution in [2.24, 2.45) is 0 Å². The molecule has 0 N–H and O–H groups in total. The zero-order valence-corrected chi connectivity index (χ0v) is 6.62. The third-order valence-electron chi connectivity index (χ3n) is 2.12. The summed E-state index contributed by atoms with van der Waals surface area (Å²) >= 11 is 0. The molecule has 0 spiro atoms. The van der Waals surface area contributed by atoms with Gasteiger partial charge in [-0.1, -0.05) is 0 Å². The first-order valence-corrected chi connectivity index (χ1v) is 4.31. The Labute approximate surface area is 66.6 Å². The van der Waals surface area contributed by atoms with Crippen LogP contribution in [0.1, 0.15) is 19.3 Å². The van der Waals surface area contributed by atoms with E-state index in [4.69, 9.17) is 14.2 Å². The first kappa shape index (κ1) is 7.53. The van der Waals surface area contributed by atoms with Gasteiger partial charge in [0.2, 0.25) is 0 Å². The predicted molar refractivity (Wildman–Crippen MR) is 39.3 cm³/mol. The molecule has 2 aliphatic rings. The van der Waals surface area contributed by atoms with E-state index >= 15 is 0 Å². The van der Waals surface area contributed by atoms with Gasteiger partial charge >= 0.3 is 0 Å². The Hall–Kier alpha value is -0.120. The number of ether oxygens (including phenoxy) is 3. The Balaban J connectivity index is 1.82. The van der Waals surface area contributed by atoms with Crippen molar-refractivity contribution < 1.29 is 14.2 Å². The highest BCUT2D eigenvalue weighted by Gasteiger charge is 2.28. The maximum Gasteiger partial charge on any atom is 0.183 e. The fourth-order valence-electron chi connectivity index (χ4n) is 1.54. The zero-order valence-electron chi connectivity index (χ0n) is 6.62. The van der Waals surface area contributed by atoms with Gasteiger partial charge in [0.05, 0.1) is 13.2 Å². The summed E-state index contributed by atoms with van der Waals surface area (Å²) in [5.41, 5.74) is 0. The van der Waals surface area contributed by atoms with E-state index in [9.17, 15) is 0 Å². The highest BCUT2D eigenvalue weighted by Crippen LogP contribution is 2.20. The van der Waals surface area contributed by atoms with Gasteiger partial charge in [0.1, 0.15) is 6.10 Å². The molecule has 2 aliphatic heterocycles. The summed E-state index contributed by atoms with van der Waals surface area (Å²) in [6.45, 7) is 2.52. The smallest absolute Gasteiger partial charge is 0.183 e. The molecule has 1 atom stereocenters. The third-order valence-corrected chi connectivity index (χ3v) is 2.12. The Morgan fingerprint density at radius 1 is 0.818 bits per heavy atom. The molecule has 0 radical (unpaired) electrons. The molecule has 0 aromatic rings. The molecule has 0 aromatic carbocycles. The molecule has 2 saturated heterocycles. The van der Waals surface area contributed by atoms with Gasteiger partial charge in [0.15, 0.2) is 6.29 Å². The number of hydrogen-bond donors (Lipinski definition) is 0. The molecule has 2 rings (SSSR count). The molecule has 0 saturated carbocycles. The summed E-state index contributed by atoms with van der Waals surface area (Å²) in [4.78, 5) is 0. The van der Waals surface area contributed by atoms with Gasteiger partial charge in [0.25, 0.3) is 0 Å². The summed E-state index contributed by atoms with van der Waals surface area (Å²) in [5.74, 6) is 0. The maximum atomic E-state index is 5.44. The van der Waals surface area contributed by atoms with Crippen molar-refractivity contribution in [2.45, 2.75) is 31.7 Å². The second-order valence-corrected chi connectivity index (χ2v) is 3.01. The minimum absolute atomic E-state index is 0.0775. The number of hydrogen-bond acceptors (Lipinski definition) is 3. The van der Waals surface area contributed by atoms with Crippen LogP contribution in [-0.4, -0.2) is 32.2 Å². The molecule has 2 fully saturated rings. The summed E-state index contributed by atoms with van der Waals surface area (Å²) in [6.07, 6.45) is 3.38. The third kappa shape index (κ3) is 1.72. The van der Waals surface area contributed by atoms with Crippen molar-refractivity contribution in [3.8, 4) is 0 Å². The van der Waals surface area contributed by atoms with Gasteiger partial charge in [0, 0.05) is 6.61 Å². The standard InChI is InChI=1S/C8H14O3/c1-3-7(9-4-1)8-10-5-2-6-11-8/h7-8H,1-6H2. The molecular weight excluding hydrogens is 144 g/mol. The molecule has 11 heavy (non-hydrogen) atoms. The second-order valence-electron chi connectivity index (χ2n) is 3.01. The van der Waals surface area contributed by atoms with Gasteiger partial charge in [-0.05, 0) is 19.3 Å². The van der Waals surface area contributed by atoms with Crippen molar-refractivity contribution in [1.29, 1.82) is 0 Å². The SMILES string of the molecule is C1COC(C2CCCO2)OC1. The largest absolute Gasteiger partial charge is 0.373 e. The van der Waals surface area contributed by atoms with E-state index in [0.29, 0.717) is 0 Å². The summed E-state index contributed by atoms with van der Waals surface area (Å²) in [7, 11) is 0. The van der Waals surface area contributed by atoms with Gasteiger partial charge < -0.3 is 14.2 Å². The van der Waals surface area contributed by atoms with Crippen LogP contribution in [0.5, 0.6) is 0 Å². The number of rotatable bonds is 1. The van der Waals surface area contributed by atoms with Crippen LogP contribution in [0.2, 0.25) is 0 Å². The van der Waals surface area contributed by atoms with Crippen molar-refractivity contribution in [3.05, 3.63) is 0 Å². The average Bonchev–Trinajstić information content (AvgIpc) is 2.58. The van der Waals surface area contributed by atoms with Crippen molar-refractivity contribution in [1.82, 2.24) is 0 Å². The Morgan fingerprint density at radius 2 is 1.55 bits per heavy atom. The van der Waals surface area contributed by atoms with Crippen molar-refractivity contribution in [2.75, 3.05) is 19.8 Å². The topological polar surface area (TPSA) is 27.7 Å². The minimum atomic E-state index is -0.0775. The van der Waals surface area contributed by atoms with Crippen LogP contribution in [0.25, 0.3) is 0 Å². The van der Waals surface area contributed by atoms with Crippen LogP contribution in [0.4, 0.5) is 0 Å². The lowest BCUT2D eigenvalue weighted by Gasteiger charge is -2.27. The summed E-state index contributed by atoms with van der Waals surface area (Å²) in [6, 6.07) is 0. The van der Waals surface area contributed by atoms with Gasteiger partial charge in [-0.2, -0.15) is 0 Å². The molecule has 0 aromatic heterocycles. The van der Waals surface area contributed by atoms with E-state index in [-0.39, 0.29) is 12.4 Å². The van der Waals surface area contributed by atoms with E-state index in [1.165, 1.54) is 0 Å². The van der Waals surface area contributed by atoms with Crippen LogP contribution >= 0.6 is 0 Å². The molecule has 0 aliphatic carbocycles. The molecular formula is C8H14O3. The van der Waals surface area contributed by atoms with Gasteiger partial charge in [-0.15, -0.1) is 0 Å². The molecule has 1 unspecified atom stereocenters. The molecule has 0 bridgehead atoms. The Bertz CT molecular complexity index is 115. The maximum absolute atomic E-state index is 5.44. The van der Waals surface area contributed by atoms with Gasteiger partial charge in [-0.3, -0.25) is 0 Å². The van der Waals surface area contributed by atoms with E-state index in [0.717, 1.165) is 39.1 Å². The van der Waals surface area contributed by atoms with Crippen LogP contribution in [0.3, 0.4) is 0 Å². The summed E-state index contributed by atoms with van der Waals surface area (Å²) in [5, 5.41) is 0. The zero-order chi connectivity index (χ0) is 7.52. The highest BCUT2D eigenvalue weighted by atomic mass is 16.7. The highest BCUT2D eigenvalue weighted by molar-refractivity contribution is 4.70. The molecule has 0 amide bonds.